The molecule has 4 aromatic rings. The highest BCUT2D eigenvalue weighted by Gasteiger charge is 2.23. The molecule has 1 aliphatic heterocycles. The summed E-state index contributed by atoms with van der Waals surface area (Å²) >= 11 is 0. The van der Waals surface area contributed by atoms with Crippen LogP contribution < -0.4 is 5.32 Å². The number of amides is 1. The number of hydrogen-bond donors (Lipinski definition) is 1. The Kier molecular flexibility index (Phi) is 5.32. The topological polar surface area (TPSA) is 75.9 Å². The Balaban J connectivity index is 1.41. The molecular weight excluding hydrogens is 412 g/mol. The Hall–Kier alpha value is -3.74. The summed E-state index contributed by atoms with van der Waals surface area (Å²) in [6, 6.07) is 10.6. The Morgan fingerprint density at radius 3 is 2.67 bits per heavy atom. The van der Waals surface area contributed by atoms with Gasteiger partial charge in [-0.3, -0.25) is 14.5 Å². The van der Waals surface area contributed by atoms with E-state index < -0.39 is 0 Å². The highest BCUT2D eigenvalue weighted by molar-refractivity contribution is 5.89. The quantitative estimate of drug-likeness (QED) is 0.500. The number of nitrogens with zero attached hydrogens (tertiary/aromatic N) is 5. The summed E-state index contributed by atoms with van der Waals surface area (Å²) in [5.74, 6) is 1.54. The molecule has 33 heavy (non-hydrogen) atoms. The van der Waals surface area contributed by atoms with Crippen LogP contribution in [-0.4, -0.2) is 43.1 Å². The Bertz CT molecular complexity index is 1360. The second-order valence-corrected chi connectivity index (χ2v) is 8.99. The van der Waals surface area contributed by atoms with Gasteiger partial charge in [0.2, 0.25) is 5.91 Å². The van der Waals surface area contributed by atoms with Gasteiger partial charge in [-0.1, -0.05) is 12.1 Å². The normalized spacial score (nSPS) is 14.0. The second kappa shape index (κ2) is 8.31. The van der Waals surface area contributed by atoms with Gasteiger partial charge in [0.05, 0.1) is 0 Å². The van der Waals surface area contributed by atoms with E-state index in [1.165, 1.54) is 11.1 Å². The van der Waals surface area contributed by atoms with E-state index in [4.69, 9.17) is 0 Å². The van der Waals surface area contributed by atoms with Gasteiger partial charge in [0, 0.05) is 60.3 Å². The number of rotatable bonds is 4. The van der Waals surface area contributed by atoms with Crippen LogP contribution in [0.5, 0.6) is 0 Å². The first kappa shape index (κ1) is 21.1. The number of carbonyl (C=O) groups is 1. The van der Waals surface area contributed by atoms with Crippen molar-refractivity contribution in [1.29, 1.82) is 0 Å². The monoisotopic (exact) mass is 440 g/mol. The third-order valence-corrected chi connectivity index (χ3v) is 6.46. The fraction of sp³-hybridized carbons (Fsp3) is 0.308. The summed E-state index contributed by atoms with van der Waals surface area (Å²) in [4.78, 5) is 23.4. The molecule has 7 nitrogen and oxygen atoms in total. The van der Waals surface area contributed by atoms with Gasteiger partial charge in [-0.2, -0.15) is 5.10 Å². The molecule has 0 spiro atoms. The molecule has 0 unspecified atom stereocenters. The highest BCUT2D eigenvalue weighted by Crippen LogP contribution is 2.29. The molecule has 168 valence electrons. The van der Waals surface area contributed by atoms with Gasteiger partial charge >= 0.3 is 0 Å². The number of fused-ring (bicyclic) bond motifs is 2. The predicted octanol–water partition coefficient (Wildman–Crippen LogP) is 4.65. The minimum Gasteiger partial charge on any atom is -0.338 e. The SMILES string of the molecule is Cc1cncc(-c2ccc3cnc(Nc4cc5n(n4)CC(=O)N(C(C)C)CC5)cc3c2)c1C. The van der Waals surface area contributed by atoms with Crippen LogP contribution in [0.1, 0.15) is 30.7 Å². The van der Waals surface area contributed by atoms with Gasteiger partial charge in [0.1, 0.15) is 12.4 Å². The molecule has 0 radical (unpaired) electrons. The lowest BCUT2D eigenvalue weighted by Crippen LogP contribution is -2.38. The van der Waals surface area contributed by atoms with Crippen molar-refractivity contribution in [3.8, 4) is 11.1 Å². The zero-order valence-electron chi connectivity index (χ0n) is 19.5. The average molecular weight is 441 g/mol. The fourth-order valence-electron chi connectivity index (χ4n) is 4.41. The van der Waals surface area contributed by atoms with E-state index in [0.717, 1.165) is 39.8 Å². The minimum absolute atomic E-state index is 0.107. The maximum absolute atomic E-state index is 12.6. The van der Waals surface area contributed by atoms with Crippen molar-refractivity contribution in [1.82, 2.24) is 24.6 Å². The molecule has 0 bridgehead atoms. The molecule has 3 aromatic heterocycles. The van der Waals surface area contributed by atoms with E-state index in [-0.39, 0.29) is 18.5 Å². The zero-order chi connectivity index (χ0) is 23.1. The second-order valence-electron chi connectivity index (χ2n) is 8.99. The van der Waals surface area contributed by atoms with Crippen LogP contribution in [0.3, 0.4) is 0 Å². The van der Waals surface area contributed by atoms with Crippen molar-refractivity contribution < 1.29 is 4.79 Å². The van der Waals surface area contributed by atoms with Crippen LogP contribution in [0.25, 0.3) is 21.9 Å². The summed E-state index contributed by atoms with van der Waals surface area (Å²) in [5, 5.41) is 10.1. The number of anilines is 2. The first-order chi connectivity index (χ1) is 15.9. The molecule has 1 N–H and O–H groups in total. The number of aromatic nitrogens is 4. The van der Waals surface area contributed by atoms with Gasteiger partial charge in [0.15, 0.2) is 5.82 Å². The molecule has 0 saturated carbocycles. The van der Waals surface area contributed by atoms with Gasteiger partial charge in [-0.15, -0.1) is 0 Å². The van der Waals surface area contributed by atoms with Crippen molar-refractivity contribution >= 4 is 28.3 Å². The Labute approximate surface area is 193 Å². The summed E-state index contributed by atoms with van der Waals surface area (Å²) in [6.07, 6.45) is 6.47. The smallest absolute Gasteiger partial charge is 0.244 e. The lowest BCUT2D eigenvalue weighted by molar-refractivity contribution is -0.133. The van der Waals surface area contributed by atoms with Crippen LogP contribution in [0.4, 0.5) is 11.6 Å². The lowest BCUT2D eigenvalue weighted by Gasteiger charge is -2.24. The van der Waals surface area contributed by atoms with E-state index in [1.807, 2.05) is 49.5 Å². The number of hydrogen-bond acceptors (Lipinski definition) is 5. The molecule has 0 atom stereocenters. The number of carbonyl (C=O) groups excluding carboxylic acids is 1. The summed E-state index contributed by atoms with van der Waals surface area (Å²) in [6.45, 7) is 9.29. The molecule has 4 heterocycles. The van der Waals surface area contributed by atoms with E-state index in [0.29, 0.717) is 12.4 Å². The van der Waals surface area contributed by atoms with Crippen molar-refractivity contribution in [3.63, 3.8) is 0 Å². The highest BCUT2D eigenvalue weighted by atomic mass is 16.2. The average Bonchev–Trinajstić information content (AvgIpc) is 3.08. The number of aryl methyl sites for hydroxylation is 1. The summed E-state index contributed by atoms with van der Waals surface area (Å²) in [7, 11) is 0. The van der Waals surface area contributed by atoms with E-state index in [1.54, 1.807) is 4.68 Å². The third kappa shape index (κ3) is 4.06. The molecule has 0 saturated heterocycles. The van der Waals surface area contributed by atoms with Gasteiger partial charge in [-0.05, 0) is 61.9 Å². The largest absolute Gasteiger partial charge is 0.338 e. The van der Waals surface area contributed by atoms with Gasteiger partial charge in [0.25, 0.3) is 0 Å². The van der Waals surface area contributed by atoms with Crippen LogP contribution in [0.2, 0.25) is 0 Å². The fourth-order valence-corrected chi connectivity index (χ4v) is 4.41. The first-order valence-corrected chi connectivity index (χ1v) is 11.3. The number of nitrogens with one attached hydrogen (secondary N) is 1. The van der Waals surface area contributed by atoms with Gasteiger partial charge in [-0.25, -0.2) is 4.98 Å². The molecule has 0 fully saturated rings. The summed E-state index contributed by atoms with van der Waals surface area (Å²) < 4.78 is 1.81. The maximum atomic E-state index is 12.6. The third-order valence-electron chi connectivity index (χ3n) is 6.46. The first-order valence-electron chi connectivity index (χ1n) is 11.3. The number of benzene rings is 1. The summed E-state index contributed by atoms with van der Waals surface area (Å²) in [5.41, 5.74) is 5.75. The van der Waals surface area contributed by atoms with Crippen molar-refractivity contribution in [2.24, 2.45) is 0 Å². The van der Waals surface area contributed by atoms with E-state index in [2.05, 4.69) is 52.4 Å². The Morgan fingerprint density at radius 1 is 1.00 bits per heavy atom. The maximum Gasteiger partial charge on any atom is 0.244 e. The van der Waals surface area contributed by atoms with Crippen molar-refractivity contribution in [2.75, 3.05) is 11.9 Å². The van der Waals surface area contributed by atoms with Crippen molar-refractivity contribution in [3.05, 3.63) is 65.7 Å². The van der Waals surface area contributed by atoms with Crippen LogP contribution in [0, 0.1) is 13.8 Å². The molecule has 1 amide bonds. The van der Waals surface area contributed by atoms with E-state index in [9.17, 15) is 4.79 Å². The molecule has 5 rings (SSSR count). The van der Waals surface area contributed by atoms with Crippen LogP contribution in [0.15, 0.2) is 48.9 Å². The molecule has 0 aliphatic carbocycles. The minimum atomic E-state index is 0.107. The zero-order valence-corrected chi connectivity index (χ0v) is 19.5. The Morgan fingerprint density at radius 2 is 1.85 bits per heavy atom. The predicted molar refractivity (Wildman–Crippen MR) is 131 cm³/mol. The lowest BCUT2D eigenvalue weighted by atomic mass is 9.98. The standard InChI is InChI=1S/C26H28N6O/c1-16(2)31-8-7-22-11-25(30-32(22)15-26(31)33)29-24-10-21-9-19(5-6-20(21)13-28-24)23-14-27-12-17(3)18(23)4/h5-6,9-14,16H,7-8,15H2,1-4H3,(H,28,29,30). The van der Waals surface area contributed by atoms with Crippen LogP contribution >= 0.6 is 0 Å². The molecule has 1 aliphatic rings. The molecule has 1 aromatic carbocycles. The van der Waals surface area contributed by atoms with Gasteiger partial charge < -0.3 is 10.2 Å². The van der Waals surface area contributed by atoms with E-state index >= 15 is 0 Å². The molecule has 7 heteroatoms. The van der Waals surface area contributed by atoms with Crippen LogP contribution in [-0.2, 0) is 17.8 Å². The van der Waals surface area contributed by atoms with Crippen molar-refractivity contribution in [2.45, 2.75) is 46.7 Å². The molecular formula is C26H28N6O. The number of pyridine rings is 2.